The third kappa shape index (κ3) is 4.44. The summed E-state index contributed by atoms with van der Waals surface area (Å²) in [5, 5.41) is 3.36. The molecule has 0 spiro atoms. The number of piperidine rings is 1. The minimum Gasteiger partial charge on any atom is -0.494 e. The number of amides is 1. The summed E-state index contributed by atoms with van der Waals surface area (Å²) >= 11 is 0. The Bertz CT molecular complexity index is 499. The predicted octanol–water partition coefficient (Wildman–Crippen LogP) is 2.22. The molecule has 122 valence electrons. The maximum atomic E-state index is 13.7. The fraction of sp³-hybridized carbons (Fsp3) is 0.588. The summed E-state index contributed by atoms with van der Waals surface area (Å²) in [5.74, 6) is 0.520. The van der Waals surface area contributed by atoms with Gasteiger partial charge < -0.3 is 15.0 Å². The molecule has 1 N–H and O–H groups in total. The minimum atomic E-state index is -0.419. The lowest BCUT2D eigenvalue weighted by Gasteiger charge is -2.32. The van der Waals surface area contributed by atoms with Crippen molar-refractivity contribution in [2.45, 2.75) is 26.2 Å². The molecule has 1 saturated heterocycles. The van der Waals surface area contributed by atoms with Crippen molar-refractivity contribution >= 4 is 5.91 Å². The zero-order chi connectivity index (χ0) is 15.9. The van der Waals surface area contributed by atoms with E-state index in [1.54, 1.807) is 12.1 Å². The van der Waals surface area contributed by atoms with Gasteiger partial charge in [0.15, 0.2) is 11.6 Å². The Hall–Kier alpha value is -1.62. The van der Waals surface area contributed by atoms with Crippen LogP contribution >= 0.6 is 0 Å². The van der Waals surface area contributed by atoms with Crippen LogP contribution in [0.1, 0.15) is 25.3 Å². The van der Waals surface area contributed by atoms with Gasteiger partial charge in [0.2, 0.25) is 5.91 Å². The highest BCUT2D eigenvalue weighted by molar-refractivity contribution is 5.78. The first-order valence-corrected chi connectivity index (χ1v) is 7.95. The monoisotopic (exact) mass is 308 g/mol. The molecule has 5 heteroatoms. The number of carbonyl (C=O) groups excluding carboxylic acids is 1. The lowest BCUT2D eigenvalue weighted by atomic mass is 9.96. The summed E-state index contributed by atoms with van der Waals surface area (Å²) in [6.45, 7) is 5.72. The second kappa shape index (κ2) is 8.13. The van der Waals surface area contributed by atoms with Crippen molar-refractivity contribution < 1.29 is 13.9 Å². The molecule has 0 radical (unpaired) electrons. The number of nitrogens with one attached hydrogen (secondary N) is 1. The van der Waals surface area contributed by atoms with Crippen LogP contribution in [0.25, 0.3) is 0 Å². The SMILES string of the molecule is CCNCC1CCN(C(=O)Cc2ccc(OC)c(F)c2)CC1. The fourth-order valence-electron chi connectivity index (χ4n) is 2.84. The Labute approximate surface area is 131 Å². The van der Waals surface area contributed by atoms with Crippen LogP contribution < -0.4 is 10.1 Å². The second-order valence-electron chi connectivity index (χ2n) is 5.78. The maximum absolute atomic E-state index is 13.7. The standard InChI is InChI=1S/C17H25FN2O2/c1-3-19-12-13-6-8-20(9-7-13)17(21)11-14-4-5-16(22-2)15(18)10-14/h4-5,10,13,19H,3,6-9,11-12H2,1-2H3. The van der Waals surface area contributed by atoms with Crippen LogP contribution in [0.2, 0.25) is 0 Å². The zero-order valence-corrected chi connectivity index (χ0v) is 13.4. The van der Waals surface area contributed by atoms with Gasteiger partial charge in [0, 0.05) is 13.1 Å². The Morgan fingerprint density at radius 1 is 1.41 bits per heavy atom. The first-order chi connectivity index (χ1) is 10.6. The summed E-state index contributed by atoms with van der Waals surface area (Å²) in [6.07, 6.45) is 2.32. The molecule has 0 atom stereocenters. The van der Waals surface area contributed by atoms with Gasteiger partial charge in [0.1, 0.15) is 0 Å². The van der Waals surface area contributed by atoms with Crippen molar-refractivity contribution in [1.82, 2.24) is 10.2 Å². The van der Waals surface area contributed by atoms with Crippen LogP contribution in [-0.2, 0) is 11.2 Å². The van der Waals surface area contributed by atoms with Gasteiger partial charge in [-0.2, -0.15) is 0 Å². The Morgan fingerprint density at radius 3 is 2.73 bits per heavy atom. The van der Waals surface area contributed by atoms with Gasteiger partial charge in [-0.05, 0) is 49.5 Å². The smallest absolute Gasteiger partial charge is 0.226 e. The Kier molecular flexibility index (Phi) is 6.19. The number of halogens is 1. The van der Waals surface area contributed by atoms with Gasteiger partial charge in [0.05, 0.1) is 13.5 Å². The number of methoxy groups -OCH3 is 1. The lowest BCUT2D eigenvalue weighted by Crippen LogP contribution is -2.41. The lowest BCUT2D eigenvalue weighted by molar-refractivity contribution is -0.131. The van der Waals surface area contributed by atoms with Crippen molar-refractivity contribution in [1.29, 1.82) is 0 Å². The summed E-state index contributed by atoms with van der Waals surface area (Å²) in [5.41, 5.74) is 0.693. The minimum absolute atomic E-state index is 0.0754. The number of rotatable bonds is 6. The fourth-order valence-corrected chi connectivity index (χ4v) is 2.84. The highest BCUT2D eigenvalue weighted by Gasteiger charge is 2.22. The molecule has 1 aliphatic rings. The molecule has 0 bridgehead atoms. The molecule has 1 heterocycles. The third-order valence-electron chi connectivity index (χ3n) is 4.22. The maximum Gasteiger partial charge on any atom is 0.226 e. The van der Waals surface area contributed by atoms with E-state index in [-0.39, 0.29) is 18.1 Å². The molecule has 1 amide bonds. The molecular weight excluding hydrogens is 283 g/mol. The van der Waals surface area contributed by atoms with E-state index in [2.05, 4.69) is 12.2 Å². The first-order valence-electron chi connectivity index (χ1n) is 7.95. The number of hydrogen-bond donors (Lipinski definition) is 1. The first kappa shape index (κ1) is 16.7. The van der Waals surface area contributed by atoms with Gasteiger partial charge in [-0.15, -0.1) is 0 Å². The van der Waals surface area contributed by atoms with Crippen molar-refractivity contribution in [2.75, 3.05) is 33.3 Å². The molecule has 0 aromatic heterocycles. The largest absolute Gasteiger partial charge is 0.494 e. The molecule has 0 unspecified atom stereocenters. The summed E-state index contributed by atoms with van der Waals surface area (Å²) in [4.78, 5) is 14.2. The molecule has 1 fully saturated rings. The second-order valence-corrected chi connectivity index (χ2v) is 5.78. The summed E-state index contributed by atoms with van der Waals surface area (Å²) in [6, 6.07) is 4.70. The van der Waals surface area contributed by atoms with E-state index in [0.29, 0.717) is 11.5 Å². The van der Waals surface area contributed by atoms with Gasteiger partial charge in [0.25, 0.3) is 0 Å². The molecule has 0 saturated carbocycles. The number of nitrogens with zero attached hydrogens (tertiary/aromatic N) is 1. The van der Waals surface area contributed by atoms with E-state index in [1.165, 1.54) is 13.2 Å². The van der Waals surface area contributed by atoms with Crippen molar-refractivity contribution in [3.05, 3.63) is 29.6 Å². The topological polar surface area (TPSA) is 41.6 Å². The average molecular weight is 308 g/mol. The summed E-state index contributed by atoms with van der Waals surface area (Å²) in [7, 11) is 1.43. The molecule has 4 nitrogen and oxygen atoms in total. The number of carbonyl (C=O) groups is 1. The average Bonchev–Trinajstić information content (AvgIpc) is 2.53. The quantitative estimate of drug-likeness (QED) is 0.876. The highest BCUT2D eigenvalue weighted by Crippen LogP contribution is 2.20. The molecule has 22 heavy (non-hydrogen) atoms. The number of benzene rings is 1. The van der Waals surface area contributed by atoms with Gasteiger partial charge in [-0.3, -0.25) is 4.79 Å². The van der Waals surface area contributed by atoms with E-state index in [9.17, 15) is 9.18 Å². The molecular formula is C17H25FN2O2. The number of ether oxygens (including phenoxy) is 1. The van der Waals surface area contributed by atoms with Crippen LogP contribution in [0.3, 0.4) is 0 Å². The van der Waals surface area contributed by atoms with Crippen molar-refractivity contribution in [3.8, 4) is 5.75 Å². The van der Waals surface area contributed by atoms with Crippen LogP contribution in [-0.4, -0.2) is 44.1 Å². The normalized spacial score (nSPS) is 15.9. The van der Waals surface area contributed by atoms with Gasteiger partial charge >= 0.3 is 0 Å². The zero-order valence-electron chi connectivity index (χ0n) is 13.4. The Balaban J connectivity index is 1.84. The van der Waals surface area contributed by atoms with Crippen molar-refractivity contribution in [3.63, 3.8) is 0 Å². The van der Waals surface area contributed by atoms with E-state index < -0.39 is 5.82 Å². The van der Waals surface area contributed by atoms with Crippen LogP contribution in [0, 0.1) is 11.7 Å². The third-order valence-corrected chi connectivity index (χ3v) is 4.22. The number of hydrogen-bond acceptors (Lipinski definition) is 3. The van der Waals surface area contributed by atoms with Gasteiger partial charge in [-0.1, -0.05) is 13.0 Å². The molecule has 1 aromatic rings. The molecule has 2 rings (SSSR count). The van der Waals surface area contributed by atoms with Crippen molar-refractivity contribution in [2.24, 2.45) is 5.92 Å². The molecule has 0 aliphatic carbocycles. The molecule has 1 aromatic carbocycles. The predicted molar refractivity (Wildman–Crippen MR) is 84.5 cm³/mol. The van der Waals surface area contributed by atoms with Crippen LogP contribution in [0.5, 0.6) is 5.75 Å². The number of likely N-dealkylation sites (tertiary alicyclic amines) is 1. The van der Waals surface area contributed by atoms with Gasteiger partial charge in [-0.25, -0.2) is 4.39 Å². The van der Waals surface area contributed by atoms with E-state index in [4.69, 9.17) is 4.74 Å². The van der Waals surface area contributed by atoms with E-state index >= 15 is 0 Å². The van der Waals surface area contributed by atoms with Crippen LogP contribution in [0.15, 0.2) is 18.2 Å². The van der Waals surface area contributed by atoms with E-state index in [0.717, 1.165) is 39.0 Å². The Morgan fingerprint density at radius 2 is 2.14 bits per heavy atom. The summed E-state index contributed by atoms with van der Waals surface area (Å²) < 4.78 is 18.5. The molecule has 1 aliphatic heterocycles. The van der Waals surface area contributed by atoms with E-state index in [1.807, 2.05) is 4.90 Å². The highest BCUT2D eigenvalue weighted by atomic mass is 19.1. The van der Waals surface area contributed by atoms with Crippen LogP contribution in [0.4, 0.5) is 4.39 Å².